The first kappa shape index (κ1) is 20.9. The van der Waals surface area contributed by atoms with E-state index in [0.29, 0.717) is 18.7 Å². The van der Waals surface area contributed by atoms with Crippen LogP contribution in [-0.4, -0.2) is 21.2 Å². The number of fused-ring (bicyclic) bond motifs is 1. The average Bonchev–Trinajstić information content (AvgIpc) is 3.03. The van der Waals surface area contributed by atoms with Crippen LogP contribution in [0, 0.1) is 17.5 Å². The van der Waals surface area contributed by atoms with Crippen LogP contribution in [0.4, 0.5) is 26.3 Å². The molecule has 3 aromatic rings. The minimum atomic E-state index is -4.86. The zero-order chi connectivity index (χ0) is 21.3. The van der Waals surface area contributed by atoms with Crippen LogP contribution in [0.25, 0.3) is 5.65 Å². The maximum atomic E-state index is 13.8. The van der Waals surface area contributed by atoms with Gasteiger partial charge in [-0.2, -0.15) is 13.2 Å². The van der Waals surface area contributed by atoms with Gasteiger partial charge in [0.15, 0.2) is 28.9 Å². The van der Waals surface area contributed by atoms with Crippen molar-refractivity contribution in [1.82, 2.24) is 14.6 Å². The molecular weight excluding hydrogens is 404 g/mol. The molecule has 1 aromatic carbocycles. The fourth-order valence-electron chi connectivity index (χ4n) is 2.82. The molecule has 11 heteroatoms. The molecule has 0 unspecified atom stereocenters. The van der Waals surface area contributed by atoms with Crippen LogP contribution in [-0.2, 0) is 17.5 Å². The van der Waals surface area contributed by atoms with E-state index in [9.17, 15) is 26.3 Å². The first-order valence-corrected chi connectivity index (χ1v) is 8.46. The molecule has 0 fully saturated rings. The molecule has 3 rings (SSSR count). The zero-order valence-corrected chi connectivity index (χ0v) is 15.2. The summed E-state index contributed by atoms with van der Waals surface area (Å²) in [6.07, 6.45) is -5.00. The zero-order valence-electron chi connectivity index (χ0n) is 15.2. The Morgan fingerprint density at radius 1 is 1.10 bits per heavy atom. The van der Waals surface area contributed by atoms with Crippen molar-refractivity contribution in [2.75, 3.05) is 6.61 Å². The van der Waals surface area contributed by atoms with Gasteiger partial charge in [0.05, 0.1) is 0 Å². The van der Waals surface area contributed by atoms with Gasteiger partial charge >= 0.3 is 6.18 Å². The SMILES string of the molecule is CCOCc1nnc2c(C(F)(F)F)c([C@H](C)Oc3c(F)cc(F)cc3F)ccn12. The smallest absolute Gasteiger partial charge is 0.420 e. The summed E-state index contributed by atoms with van der Waals surface area (Å²) in [5.41, 5.74) is -2.07. The van der Waals surface area contributed by atoms with Crippen LogP contribution in [0.1, 0.15) is 36.9 Å². The van der Waals surface area contributed by atoms with Crippen molar-refractivity contribution in [2.45, 2.75) is 32.7 Å². The van der Waals surface area contributed by atoms with Crippen molar-refractivity contribution in [3.8, 4) is 5.75 Å². The molecule has 0 saturated heterocycles. The van der Waals surface area contributed by atoms with Crippen LogP contribution in [0.5, 0.6) is 5.75 Å². The van der Waals surface area contributed by atoms with Crippen molar-refractivity contribution >= 4 is 5.65 Å². The lowest BCUT2D eigenvalue weighted by molar-refractivity contribution is -0.138. The van der Waals surface area contributed by atoms with Crippen LogP contribution in [0.2, 0.25) is 0 Å². The molecule has 0 radical (unpaired) electrons. The van der Waals surface area contributed by atoms with Gasteiger partial charge in [0, 0.05) is 30.5 Å². The van der Waals surface area contributed by atoms with Crippen LogP contribution >= 0.6 is 0 Å². The maximum absolute atomic E-state index is 13.8. The van der Waals surface area contributed by atoms with Gasteiger partial charge in [-0.15, -0.1) is 10.2 Å². The summed E-state index contributed by atoms with van der Waals surface area (Å²) in [5, 5.41) is 7.31. The highest BCUT2D eigenvalue weighted by molar-refractivity contribution is 5.54. The molecule has 1 atom stereocenters. The van der Waals surface area contributed by atoms with Crippen LogP contribution < -0.4 is 4.74 Å². The molecule has 0 bridgehead atoms. The number of benzene rings is 1. The Bertz CT molecular complexity index is 1010. The van der Waals surface area contributed by atoms with Crippen LogP contribution in [0.15, 0.2) is 24.4 Å². The number of hydrogen-bond donors (Lipinski definition) is 0. The first-order valence-electron chi connectivity index (χ1n) is 8.46. The molecular formula is C18H15F6N3O2. The molecule has 0 spiro atoms. The number of aromatic nitrogens is 3. The van der Waals surface area contributed by atoms with Gasteiger partial charge in [-0.3, -0.25) is 4.40 Å². The second-order valence-electron chi connectivity index (χ2n) is 6.05. The van der Waals surface area contributed by atoms with Gasteiger partial charge in [0.25, 0.3) is 0 Å². The van der Waals surface area contributed by atoms with Gasteiger partial charge in [0.1, 0.15) is 24.1 Å². The third-order valence-electron chi connectivity index (χ3n) is 4.10. The molecule has 5 nitrogen and oxygen atoms in total. The summed E-state index contributed by atoms with van der Waals surface area (Å²) in [6.45, 7) is 3.18. The second kappa shape index (κ2) is 7.90. The number of ether oxygens (including phenoxy) is 2. The van der Waals surface area contributed by atoms with E-state index < -0.39 is 52.3 Å². The summed E-state index contributed by atoms with van der Waals surface area (Å²) in [7, 11) is 0. The molecule has 0 amide bonds. The lowest BCUT2D eigenvalue weighted by atomic mass is 10.0. The summed E-state index contributed by atoms with van der Waals surface area (Å²) < 4.78 is 93.4. The fraction of sp³-hybridized carbons (Fsp3) is 0.333. The monoisotopic (exact) mass is 419 g/mol. The number of pyridine rings is 1. The van der Waals surface area contributed by atoms with Crippen molar-refractivity contribution in [2.24, 2.45) is 0 Å². The van der Waals surface area contributed by atoms with Crippen molar-refractivity contribution < 1.29 is 35.8 Å². The van der Waals surface area contributed by atoms with Crippen molar-refractivity contribution in [3.05, 3.63) is 58.8 Å². The molecule has 156 valence electrons. The molecule has 0 N–H and O–H groups in total. The lowest BCUT2D eigenvalue weighted by Crippen LogP contribution is -2.17. The fourth-order valence-corrected chi connectivity index (χ4v) is 2.82. The Morgan fingerprint density at radius 3 is 2.34 bits per heavy atom. The van der Waals surface area contributed by atoms with Crippen molar-refractivity contribution in [3.63, 3.8) is 0 Å². The Morgan fingerprint density at radius 2 is 1.76 bits per heavy atom. The van der Waals surface area contributed by atoms with E-state index >= 15 is 0 Å². The topological polar surface area (TPSA) is 48.7 Å². The number of alkyl halides is 3. The quantitative estimate of drug-likeness (QED) is 0.537. The van der Waals surface area contributed by atoms with E-state index in [4.69, 9.17) is 9.47 Å². The Labute approximate surface area is 160 Å². The molecule has 0 aliphatic rings. The van der Waals surface area contributed by atoms with E-state index in [1.807, 2.05) is 0 Å². The highest BCUT2D eigenvalue weighted by atomic mass is 19.4. The third-order valence-corrected chi connectivity index (χ3v) is 4.10. The molecule has 0 aliphatic carbocycles. The van der Waals surface area contributed by atoms with Gasteiger partial charge < -0.3 is 9.47 Å². The van der Waals surface area contributed by atoms with Gasteiger partial charge in [-0.25, -0.2) is 13.2 Å². The Hall–Kier alpha value is -2.82. The van der Waals surface area contributed by atoms with Gasteiger partial charge in [0.2, 0.25) is 0 Å². The molecule has 29 heavy (non-hydrogen) atoms. The minimum absolute atomic E-state index is 0.0492. The number of rotatable bonds is 6. The first-order chi connectivity index (χ1) is 13.6. The maximum Gasteiger partial charge on any atom is 0.420 e. The summed E-state index contributed by atoms with van der Waals surface area (Å²) >= 11 is 0. The predicted octanol–water partition coefficient (Wildman–Crippen LogP) is 4.84. The summed E-state index contributed by atoms with van der Waals surface area (Å²) in [4.78, 5) is 0. The standard InChI is InChI=1S/C18H15F6N3O2/c1-3-28-8-14-25-26-17-15(18(22,23)24)11(4-5-27(14)17)9(2)29-16-12(20)6-10(19)7-13(16)21/h4-7,9H,3,8H2,1-2H3/t9-/m0/s1. The third kappa shape index (κ3) is 4.14. The van der Waals surface area contributed by atoms with Crippen LogP contribution in [0.3, 0.4) is 0 Å². The predicted molar refractivity (Wildman–Crippen MR) is 88.7 cm³/mol. The normalized spacial score (nSPS) is 13.1. The Kier molecular flexibility index (Phi) is 5.69. The number of halogens is 6. The summed E-state index contributed by atoms with van der Waals surface area (Å²) in [5.74, 6) is -4.74. The number of hydrogen-bond acceptors (Lipinski definition) is 4. The highest BCUT2D eigenvalue weighted by Gasteiger charge is 2.39. The van der Waals surface area contributed by atoms with E-state index in [2.05, 4.69) is 10.2 Å². The molecule has 0 aliphatic heterocycles. The number of nitrogens with zero attached hydrogens (tertiary/aromatic N) is 3. The lowest BCUT2D eigenvalue weighted by Gasteiger charge is -2.21. The minimum Gasteiger partial charge on any atom is -0.480 e. The second-order valence-corrected chi connectivity index (χ2v) is 6.05. The van der Waals surface area contributed by atoms with Gasteiger partial charge in [-0.05, 0) is 19.9 Å². The molecule has 2 aromatic heterocycles. The molecule has 0 saturated carbocycles. The average molecular weight is 419 g/mol. The van der Waals surface area contributed by atoms with Crippen molar-refractivity contribution in [1.29, 1.82) is 0 Å². The Balaban J connectivity index is 2.07. The van der Waals surface area contributed by atoms with E-state index in [0.717, 1.165) is 10.5 Å². The molecule has 2 heterocycles. The summed E-state index contributed by atoms with van der Waals surface area (Å²) in [6, 6.07) is 1.84. The van der Waals surface area contributed by atoms with E-state index in [1.165, 1.54) is 13.1 Å². The van der Waals surface area contributed by atoms with E-state index in [-0.39, 0.29) is 12.4 Å². The van der Waals surface area contributed by atoms with Gasteiger partial charge in [-0.1, -0.05) is 0 Å². The largest absolute Gasteiger partial charge is 0.480 e. The van der Waals surface area contributed by atoms with E-state index in [1.54, 1.807) is 6.92 Å². The highest BCUT2D eigenvalue weighted by Crippen LogP contribution is 2.39.